The van der Waals surface area contributed by atoms with Crippen LogP contribution in [0.15, 0.2) is 10.5 Å². The first kappa shape index (κ1) is 18.5. The summed E-state index contributed by atoms with van der Waals surface area (Å²) in [4.78, 5) is 27.6. The van der Waals surface area contributed by atoms with Crippen LogP contribution < -0.4 is 5.32 Å². The number of aryl methyl sites for hydroxylation is 1. The van der Waals surface area contributed by atoms with Crippen LogP contribution in [0.1, 0.15) is 42.6 Å². The average Bonchev–Trinajstić information content (AvgIpc) is 3.01. The Morgan fingerprint density at radius 3 is 2.67 bits per heavy atom. The molecule has 24 heavy (non-hydrogen) atoms. The molecule has 1 saturated heterocycles. The van der Waals surface area contributed by atoms with Gasteiger partial charge in [-0.3, -0.25) is 14.5 Å². The van der Waals surface area contributed by atoms with Gasteiger partial charge in [-0.25, -0.2) is 0 Å². The predicted molar refractivity (Wildman–Crippen MR) is 90.0 cm³/mol. The highest BCUT2D eigenvalue weighted by atomic mass is 16.4. The number of nitrogens with zero attached hydrogens (tertiary/aromatic N) is 2. The molecule has 1 unspecified atom stereocenters. The van der Waals surface area contributed by atoms with Crippen LogP contribution in [0, 0.1) is 0 Å². The zero-order chi connectivity index (χ0) is 17.7. The van der Waals surface area contributed by atoms with E-state index >= 15 is 0 Å². The number of carbonyl (C=O) groups is 2. The number of nitrogens with one attached hydrogen (secondary N) is 1. The number of piperazine rings is 1. The molecular formula is C17H27N3O4. The van der Waals surface area contributed by atoms with Gasteiger partial charge >= 0.3 is 5.97 Å². The third-order valence-corrected chi connectivity index (χ3v) is 4.48. The number of furan rings is 1. The topological polar surface area (TPSA) is 86.0 Å². The fourth-order valence-corrected chi connectivity index (χ4v) is 2.95. The highest BCUT2D eigenvalue weighted by Gasteiger charge is 2.30. The number of rotatable bonds is 7. The minimum Gasteiger partial charge on any atom is -0.480 e. The summed E-state index contributed by atoms with van der Waals surface area (Å²) in [5, 5.41) is 12.0. The van der Waals surface area contributed by atoms with Crippen LogP contribution in [-0.4, -0.2) is 65.5 Å². The SMILES string of the molecule is CCc1oc(C(=O)N2CCNC(C(=O)O)C2)cc1CN(CC)CC. The van der Waals surface area contributed by atoms with Crippen molar-refractivity contribution in [2.45, 2.75) is 39.8 Å². The second-order valence-corrected chi connectivity index (χ2v) is 5.97. The van der Waals surface area contributed by atoms with Crippen molar-refractivity contribution in [2.75, 3.05) is 32.7 Å². The summed E-state index contributed by atoms with van der Waals surface area (Å²) in [6.07, 6.45) is 0.725. The Labute approximate surface area is 142 Å². The second kappa shape index (κ2) is 8.30. The molecule has 7 heteroatoms. The van der Waals surface area contributed by atoms with Gasteiger partial charge in [0.15, 0.2) is 5.76 Å². The number of carbonyl (C=O) groups excluding carboxylic acids is 1. The van der Waals surface area contributed by atoms with Crippen molar-refractivity contribution in [3.63, 3.8) is 0 Å². The van der Waals surface area contributed by atoms with E-state index in [4.69, 9.17) is 9.52 Å². The van der Waals surface area contributed by atoms with E-state index in [-0.39, 0.29) is 12.5 Å². The molecule has 1 aliphatic heterocycles. The molecule has 0 spiro atoms. The minimum absolute atomic E-state index is 0.154. The third-order valence-electron chi connectivity index (χ3n) is 4.48. The molecule has 2 rings (SSSR count). The van der Waals surface area contributed by atoms with Crippen LogP contribution in [-0.2, 0) is 17.8 Å². The highest BCUT2D eigenvalue weighted by molar-refractivity contribution is 5.92. The maximum atomic E-state index is 12.7. The van der Waals surface area contributed by atoms with Crippen molar-refractivity contribution in [2.24, 2.45) is 0 Å². The number of hydrogen-bond donors (Lipinski definition) is 2. The zero-order valence-electron chi connectivity index (χ0n) is 14.7. The molecule has 1 fully saturated rings. The lowest BCUT2D eigenvalue weighted by atomic mass is 10.1. The summed E-state index contributed by atoms with van der Waals surface area (Å²) >= 11 is 0. The number of hydrogen-bond acceptors (Lipinski definition) is 5. The monoisotopic (exact) mass is 337 g/mol. The van der Waals surface area contributed by atoms with Gasteiger partial charge in [-0.2, -0.15) is 0 Å². The van der Waals surface area contributed by atoms with E-state index in [0.717, 1.165) is 37.4 Å². The molecule has 0 bridgehead atoms. The van der Waals surface area contributed by atoms with Crippen molar-refractivity contribution in [3.05, 3.63) is 23.2 Å². The van der Waals surface area contributed by atoms with E-state index in [1.165, 1.54) is 0 Å². The molecule has 2 heterocycles. The van der Waals surface area contributed by atoms with E-state index in [2.05, 4.69) is 24.1 Å². The Morgan fingerprint density at radius 2 is 2.08 bits per heavy atom. The van der Waals surface area contributed by atoms with Gasteiger partial charge in [-0.05, 0) is 19.2 Å². The van der Waals surface area contributed by atoms with Gasteiger partial charge in [-0.15, -0.1) is 0 Å². The summed E-state index contributed by atoms with van der Waals surface area (Å²) in [6.45, 7) is 9.95. The van der Waals surface area contributed by atoms with Crippen LogP contribution in [0.25, 0.3) is 0 Å². The molecule has 2 N–H and O–H groups in total. The largest absolute Gasteiger partial charge is 0.480 e. The second-order valence-electron chi connectivity index (χ2n) is 5.97. The third kappa shape index (κ3) is 4.15. The molecule has 7 nitrogen and oxygen atoms in total. The van der Waals surface area contributed by atoms with E-state index in [1.54, 1.807) is 4.90 Å². The summed E-state index contributed by atoms with van der Waals surface area (Å²) in [7, 11) is 0. The van der Waals surface area contributed by atoms with E-state index in [1.807, 2.05) is 13.0 Å². The van der Waals surface area contributed by atoms with Crippen LogP contribution in [0.2, 0.25) is 0 Å². The lowest BCUT2D eigenvalue weighted by molar-refractivity contribution is -0.140. The highest BCUT2D eigenvalue weighted by Crippen LogP contribution is 2.20. The fourth-order valence-electron chi connectivity index (χ4n) is 2.95. The van der Waals surface area contributed by atoms with Gasteiger partial charge in [0, 0.05) is 38.2 Å². The molecule has 1 aliphatic rings. The molecule has 1 aromatic rings. The molecule has 0 radical (unpaired) electrons. The Bertz CT molecular complexity index is 580. The molecule has 0 aromatic carbocycles. The maximum absolute atomic E-state index is 12.7. The smallest absolute Gasteiger partial charge is 0.322 e. The Hall–Kier alpha value is -1.86. The lowest BCUT2D eigenvalue weighted by Gasteiger charge is -2.30. The Balaban J connectivity index is 2.14. The number of carboxylic acids is 1. The summed E-state index contributed by atoms with van der Waals surface area (Å²) < 4.78 is 5.78. The van der Waals surface area contributed by atoms with Crippen LogP contribution >= 0.6 is 0 Å². The first-order chi connectivity index (χ1) is 11.5. The molecule has 0 saturated carbocycles. The van der Waals surface area contributed by atoms with Gasteiger partial charge in [0.2, 0.25) is 0 Å². The first-order valence-corrected chi connectivity index (χ1v) is 8.59. The minimum atomic E-state index is -0.941. The van der Waals surface area contributed by atoms with E-state index in [0.29, 0.717) is 18.8 Å². The summed E-state index contributed by atoms with van der Waals surface area (Å²) in [6, 6.07) is 1.09. The standard InChI is InChI=1S/C17H27N3O4/c1-4-14-12(10-19(5-2)6-3)9-15(24-14)16(21)20-8-7-18-13(11-20)17(22)23/h9,13,18H,4-8,10-11H2,1-3H3,(H,22,23). The van der Waals surface area contributed by atoms with Gasteiger partial charge in [-0.1, -0.05) is 20.8 Å². The van der Waals surface area contributed by atoms with Crippen LogP contribution in [0.3, 0.4) is 0 Å². The maximum Gasteiger partial charge on any atom is 0.322 e. The Morgan fingerprint density at radius 1 is 1.38 bits per heavy atom. The van der Waals surface area contributed by atoms with Crippen molar-refractivity contribution >= 4 is 11.9 Å². The molecule has 1 aromatic heterocycles. The Kier molecular flexibility index (Phi) is 6.39. The molecule has 1 amide bonds. The normalized spacial score (nSPS) is 18.2. The van der Waals surface area contributed by atoms with Crippen LogP contribution in [0.5, 0.6) is 0 Å². The summed E-state index contributed by atoms with van der Waals surface area (Å²) in [5.41, 5.74) is 1.04. The number of amides is 1. The van der Waals surface area contributed by atoms with E-state index < -0.39 is 12.0 Å². The summed E-state index contributed by atoms with van der Waals surface area (Å²) in [5.74, 6) is -0.0399. The number of aliphatic carboxylic acids is 1. The van der Waals surface area contributed by atoms with Crippen molar-refractivity contribution in [1.82, 2.24) is 15.1 Å². The van der Waals surface area contributed by atoms with Crippen molar-refractivity contribution in [1.29, 1.82) is 0 Å². The molecule has 1 atom stereocenters. The lowest BCUT2D eigenvalue weighted by Crippen LogP contribution is -2.55. The van der Waals surface area contributed by atoms with Crippen molar-refractivity contribution < 1.29 is 19.1 Å². The fraction of sp³-hybridized carbons (Fsp3) is 0.647. The number of carboxylic acid groups (broad SMARTS) is 1. The van der Waals surface area contributed by atoms with Gasteiger partial charge in [0.05, 0.1) is 0 Å². The predicted octanol–water partition coefficient (Wildman–Crippen LogP) is 1.18. The molecule has 0 aliphatic carbocycles. The first-order valence-electron chi connectivity index (χ1n) is 8.59. The van der Waals surface area contributed by atoms with Crippen LogP contribution in [0.4, 0.5) is 0 Å². The van der Waals surface area contributed by atoms with Gasteiger partial charge in [0.1, 0.15) is 11.8 Å². The quantitative estimate of drug-likeness (QED) is 0.777. The van der Waals surface area contributed by atoms with E-state index in [9.17, 15) is 9.59 Å². The van der Waals surface area contributed by atoms with Gasteiger partial charge in [0.25, 0.3) is 5.91 Å². The molecular weight excluding hydrogens is 310 g/mol. The zero-order valence-corrected chi connectivity index (χ0v) is 14.7. The molecule has 134 valence electrons. The average molecular weight is 337 g/mol. The van der Waals surface area contributed by atoms with Crippen molar-refractivity contribution in [3.8, 4) is 0 Å². The van der Waals surface area contributed by atoms with Gasteiger partial charge < -0.3 is 19.7 Å².